The molecule has 20 heavy (non-hydrogen) atoms. The number of benzene rings is 1. The summed E-state index contributed by atoms with van der Waals surface area (Å²) in [4.78, 5) is 2.24. The SMILES string of the molecule is CCNC(C)c1c(F)cccc1N(C)CC1CCCC1. The number of nitrogens with zero attached hydrogens (tertiary/aromatic N) is 1. The standard InChI is InChI=1S/C17H27FN2/c1-4-19-13(2)17-15(18)10-7-11-16(17)20(3)12-14-8-5-6-9-14/h7,10-11,13-14,19H,4-6,8-9,12H2,1-3H3. The molecule has 0 aliphatic heterocycles. The highest BCUT2D eigenvalue weighted by Crippen LogP contribution is 2.31. The molecule has 3 heteroatoms. The topological polar surface area (TPSA) is 15.3 Å². The lowest BCUT2D eigenvalue weighted by molar-refractivity contribution is 0.526. The van der Waals surface area contributed by atoms with Crippen LogP contribution < -0.4 is 10.2 Å². The summed E-state index contributed by atoms with van der Waals surface area (Å²) in [5.74, 6) is 0.666. The van der Waals surface area contributed by atoms with Gasteiger partial charge in [0.05, 0.1) is 0 Å². The van der Waals surface area contributed by atoms with Crippen molar-refractivity contribution >= 4 is 5.69 Å². The average molecular weight is 278 g/mol. The molecule has 0 aromatic heterocycles. The van der Waals surface area contributed by atoms with Crippen LogP contribution >= 0.6 is 0 Å². The Bertz CT molecular complexity index is 427. The third-order valence-electron chi connectivity index (χ3n) is 4.39. The van der Waals surface area contributed by atoms with Crippen molar-refractivity contribution in [1.29, 1.82) is 0 Å². The maximum atomic E-state index is 14.2. The van der Waals surface area contributed by atoms with Gasteiger partial charge in [-0.1, -0.05) is 25.8 Å². The first-order valence-electron chi connectivity index (χ1n) is 7.86. The number of halogens is 1. The van der Waals surface area contributed by atoms with E-state index in [2.05, 4.69) is 24.2 Å². The molecular weight excluding hydrogens is 251 g/mol. The first kappa shape index (κ1) is 15.3. The maximum absolute atomic E-state index is 14.2. The molecule has 1 saturated carbocycles. The van der Waals surface area contributed by atoms with Gasteiger partial charge in [0, 0.05) is 30.9 Å². The first-order chi connectivity index (χ1) is 9.63. The van der Waals surface area contributed by atoms with E-state index in [1.165, 1.54) is 25.7 Å². The number of rotatable bonds is 6. The Labute approximate surface area is 122 Å². The third-order valence-corrected chi connectivity index (χ3v) is 4.39. The second kappa shape index (κ2) is 7.07. The zero-order chi connectivity index (χ0) is 14.5. The second-order valence-corrected chi connectivity index (χ2v) is 5.98. The normalized spacial score (nSPS) is 17.4. The molecule has 1 aromatic carbocycles. The monoisotopic (exact) mass is 278 g/mol. The molecule has 1 fully saturated rings. The summed E-state index contributed by atoms with van der Waals surface area (Å²) in [7, 11) is 2.09. The fraction of sp³-hybridized carbons (Fsp3) is 0.647. The van der Waals surface area contributed by atoms with E-state index in [0.29, 0.717) is 0 Å². The Morgan fingerprint density at radius 2 is 2.05 bits per heavy atom. The predicted octanol–water partition coefficient (Wildman–Crippen LogP) is 4.12. The Morgan fingerprint density at radius 3 is 2.70 bits per heavy atom. The van der Waals surface area contributed by atoms with Crippen molar-refractivity contribution in [2.45, 2.75) is 45.6 Å². The van der Waals surface area contributed by atoms with Gasteiger partial charge < -0.3 is 10.2 Å². The smallest absolute Gasteiger partial charge is 0.130 e. The van der Waals surface area contributed by atoms with Gasteiger partial charge in [-0.05, 0) is 44.4 Å². The number of hydrogen-bond acceptors (Lipinski definition) is 2. The third kappa shape index (κ3) is 3.51. The highest BCUT2D eigenvalue weighted by Gasteiger charge is 2.21. The van der Waals surface area contributed by atoms with Crippen LogP contribution in [-0.2, 0) is 0 Å². The maximum Gasteiger partial charge on any atom is 0.130 e. The minimum absolute atomic E-state index is 0.0437. The Kier molecular flexibility index (Phi) is 5.41. The lowest BCUT2D eigenvalue weighted by Gasteiger charge is -2.28. The molecule has 0 spiro atoms. The van der Waals surface area contributed by atoms with Crippen LogP contribution in [0.3, 0.4) is 0 Å². The highest BCUT2D eigenvalue weighted by molar-refractivity contribution is 5.55. The lowest BCUT2D eigenvalue weighted by Crippen LogP contribution is -2.28. The Hall–Kier alpha value is -1.09. The van der Waals surface area contributed by atoms with Crippen molar-refractivity contribution < 1.29 is 4.39 Å². The van der Waals surface area contributed by atoms with E-state index in [-0.39, 0.29) is 11.9 Å². The zero-order valence-corrected chi connectivity index (χ0v) is 13.0. The van der Waals surface area contributed by atoms with E-state index in [1.807, 2.05) is 19.1 Å². The molecule has 1 unspecified atom stereocenters. The van der Waals surface area contributed by atoms with Crippen LogP contribution in [0.2, 0.25) is 0 Å². The average Bonchev–Trinajstić information content (AvgIpc) is 2.91. The van der Waals surface area contributed by atoms with Crippen molar-refractivity contribution in [3.63, 3.8) is 0 Å². The largest absolute Gasteiger partial charge is 0.374 e. The fourth-order valence-electron chi connectivity index (χ4n) is 3.37. The van der Waals surface area contributed by atoms with Crippen molar-refractivity contribution in [1.82, 2.24) is 5.32 Å². The van der Waals surface area contributed by atoms with Crippen LogP contribution in [0.15, 0.2) is 18.2 Å². The van der Waals surface area contributed by atoms with Gasteiger partial charge in [-0.15, -0.1) is 0 Å². The second-order valence-electron chi connectivity index (χ2n) is 5.98. The molecule has 1 aromatic rings. The summed E-state index contributed by atoms with van der Waals surface area (Å²) in [6, 6.07) is 5.47. The van der Waals surface area contributed by atoms with Crippen molar-refractivity contribution in [3.05, 3.63) is 29.6 Å². The van der Waals surface area contributed by atoms with Gasteiger partial charge in [0.25, 0.3) is 0 Å². The van der Waals surface area contributed by atoms with E-state index < -0.39 is 0 Å². The van der Waals surface area contributed by atoms with Crippen molar-refractivity contribution in [3.8, 4) is 0 Å². The number of hydrogen-bond donors (Lipinski definition) is 1. The van der Waals surface area contributed by atoms with Crippen molar-refractivity contribution in [2.24, 2.45) is 5.92 Å². The molecule has 1 aliphatic carbocycles. The van der Waals surface area contributed by atoms with E-state index in [9.17, 15) is 4.39 Å². The quantitative estimate of drug-likeness (QED) is 0.842. The number of anilines is 1. The van der Waals surface area contributed by atoms with Crippen LogP contribution in [0.25, 0.3) is 0 Å². The van der Waals surface area contributed by atoms with E-state index in [1.54, 1.807) is 6.07 Å². The molecule has 1 N–H and O–H groups in total. The zero-order valence-electron chi connectivity index (χ0n) is 13.0. The molecule has 2 rings (SSSR count). The molecular formula is C17H27FN2. The van der Waals surface area contributed by atoms with E-state index in [4.69, 9.17) is 0 Å². The molecule has 0 amide bonds. The number of nitrogens with one attached hydrogen (secondary N) is 1. The summed E-state index contributed by atoms with van der Waals surface area (Å²) < 4.78 is 14.2. The minimum atomic E-state index is -0.103. The summed E-state index contributed by atoms with van der Waals surface area (Å²) in [5.41, 5.74) is 1.83. The van der Waals surface area contributed by atoms with Gasteiger partial charge in [0.15, 0.2) is 0 Å². The van der Waals surface area contributed by atoms with Gasteiger partial charge >= 0.3 is 0 Å². The van der Waals surface area contributed by atoms with E-state index in [0.717, 1.165) is 30.3 Å². The Balaban J connectivity index is 2.18. The van der Waals surface area contributed by atoms with Gasteiger partial charge in [0.1, 0.15) is 5.82 Å². The van der Waals surface area contributed by atoms with Crippen LogP contribution in [0.1, 0.15) is 51.1 Å². The van der Waals surface area contributed by atoms with Crippen LogP contribution in [0, 0.1) is 11.7 Å². The minimum Gasteiger partial charge on any atom is -0.374 e. The molecule has 1 aliphatic rings. The van der Waals surface area contributed by atoms with Gasteiger partial charge in [-0.3, -0.25) is 0 Å². The van der Waals surface area contributed by atoms with Crippen LogP contribution in [0.4, 0.5) is 10.1 Å². The molecule has 0 radical (unpaired) electrons. The Morgan fingerprint density at radius 1 is 1.35 bits per heavy atom. The van der Waals surface area contributed by atoms with Gasteiger partial charge in [0.2, 0.25) is 0 Å². The summed E-state index contributed by atoms with van der Waals surface area (Å²) in [6.07, 6.45) is 5.33. The van der Waals surface area contributed by atoms with Crippen LogP contribution in [0.5, 0.6) is 0 Å². The molecule has 0 saturated heterocycles. The molecule has 2 nitrogen and oxygen atoms in total. The van der Waals surface area contributed by atoms with Gasteiger partial charge in [-0.25, -0.2) is 4.39 Å². The van der Waals surface area contributed by atoms with Gasteiger partial charge in [-0.2, -0.15) is 0 Å². The highest BCUT2D eigenvalue weighted by atomic mass is 19.1. The van der Waals surface area contributed by atoms with Crippen molar-refractivity contribution in [2.75, 3.05) is 25.0 Å². The molecule has 112 valence electrons. The predicted molar refractivity (Wildman–Crippen MR) is 83.7 cm³/mol. The first-order valence-corrected chi connectivity index (χ1v) is 7.86. The van der Waals surface area contributed by atoms with Crippen LogP contribution in [-0.4, -0.2) is 20.1 Å². The molecule has 0 heterocycles. The molecule has 0 bridgehead atoms. The fourth-order valence-corrected chi connectivity index (χ4v) is 3.37. The lowest BCUT2D eigenvalue weighted by atomic mass is 10.0. The summed E-state index contributed by atoms with van der Waals surface area (Å²) >= 11 is 0. The summed E-state index contributed by atoms with van der Waals surface area (Å²) in [6.45, 7) is 5.98. The summed E-state index contributed by atoms with van der Waals surface area (Å²) in [5, 5.41) is 3.32. The van der Waals surface area contributed by atoms with E-state index >= 15 is 0 Å². The molecule has 1 atom stereocenters.